The van der Waals surface area contributed by atoms with E-state index in [0.717, 1.165) is 27.7 Å². The quantitative estimate of drug-likeness (QED) is 0.613. The van der Waals surface area contributed by atoms with Crippen LogP contribution in [0.4, 0.5) is 0 Å². The van der Waals surface area contributed by atoms with Crippen LogP contribution in [0.1, 0.15) is 31.9 Å². The highest BCUT2D eigenvalue weighted by molar-refractivity contribution is 7.98. The molecule has 0 fully saturated rings. The second-order valence-corrected chi connectivity index (χ2v) is 7.99. The molecule has 0 N–H and O–H groups in total. The van der Waals surface area contributed by atoms with Crippen LogP contribution in [-0.2, 0) is 18.2 Å². The zero-order valence-corrected chi connectivity index (χ0v) is 15.8. The van der Waals surface area contributed by atoms with Gasteiger partial charge in [-0.05, 0) is 28.7 Å². The highest BCUT2D eigenvalue weighted by Gasteiger charge is 2.13. The van der Waals surface area contributed by atoms with Gasteiger partial charge in [0, 0.05) is 18.9 Å². The smallest absolute Gasteiger partial charge is 0.169 e. The Morgan fingerprint density at radius 2 is 1.79 bits per heavy atom. The molecule has 0 saturated heterocycles. The standard InChI is InChI=1S/C20H24N2OS/c1-20(2,3)15-8-6-14(7-9-15)13-24-19-21-17-12-16(23-5)10-11-18(17)22(19)4/h6-12H,13H2,1-5H3. The van der Waals surface area contributed by atoms with Crippen molar-refractivity contribution in [3.8, 4) is 5.75 Å². The lowest BCUT2D eigenvalue weighted by Gasteiger charge is -2.19. The summed E-state index contributed by atoms with van der Waals surface area (Å²) in [4.78, 5) is 4.74. The van der Waals surface area contributed by atoms with Crippen molar-refractivity contribution < 1.29 is 4.74 Å². The van der Waals surface area contributed by atoms with Crippen molar-refractivity contribution in [3.05, 3.63) is 53.6 Å². The number of hydrogen-bond donors (Lipinski definition) is 0. The van der Waals surface area contributed by atoms with Crippen molar-refractivity contribution in [1.82, 2.24) is 9.55 Å². The third-order valence-corrected chi connectivity index (χ3v) is 5.34. The Morgan fingerprint density at radius 1 is 1.08 bits per heavy atom. The number of benzene rings is 2. The lowest BCUT2D eigenvalue weighted by Crippen LogP contribution is -2.10. The molecule has 2 aromatic carbocycles. The Hall–Kier alpha value is -1.94. The number of hydrogen-bond acceptors (Lipinski definition) is 3. The lowest BCUT2D eigenvalue weighted by atomic mass is 9.87. The summed E-state index contributed by atoms with van der Waals surface area (Å²) in [6.07, 6.45) is 0. The Morgan fingerprint density at radius 3 is 2.42 bits per heavy atom. The molecular weight excluding hydrogens is 316 g/mol. The molecule has 24 heavy (non-hydrogen) atoms. The molecule has 3 nitrogen and oxygen atoms in total. The number of imidazole rings is 1. The Bertz CT molecular complexity index is 844. The normalized spacial score (nSPS) is 11.9. The highest BCUT2D eigenvalue weighted by Crippen LogP contribution is 2.29. The number of rotatable bonds is 4. The van der Waals surface area contributed by atoms with Gasteiger partial charge < -0.3 is 9.30 Å². The second kappa shape index (κ2) is 6.52. The summed E-state index contributed by atoms with van der Waals surface area (Å²) in [5.74, 6) is 1.76. The molecule has 0 radical (unpaired) electrons. The van der Waals surface area contributed by atoms with Gasteiger partial charge >= 0.3 is 0 Å². The van der Waals surface area contributed by atoms with Crippen LogP contribution in [0.2, 0.25) is 0 Å². The van der Waals surface area contributed by atoms with Crippen molar-refractivity contribution in [3.63, 3.8) is 0 Å². The van der Waals surface area contributed by atoms with E-state index in [2.05, 4.69) is 62.7 Å². The van der Waals surface area contributed by atoms with Gasteiger partial charge in [0.1, 0.15) is 5.75 Å². The number of nitrogens with zero attached hydrogens (tertiary/aromatic N) is 2. The molecule has 0 saturated carbocycles. The molecular formula is C20H24N2OS. The number of methoxy groups -OCH3 is 1. The van der Waals surface area contributed by atoms with E-state index in [4.69, 9.17) is 9.72 Å². The van der Waals surface area contributed by atoms with Gasteiger partial charge in [0.15, 0.2) is 5.16 Å². The molecule has 1 heterocycles. The van der Waals surface area contributed by atoms with Crippen LogP contribution in [0.15, 0.2) is 47.6 Å². The third kappa shape index (κ3) is 3.44. The van der Waals surface area contributed by atoms with Gasteiger partial charge in [-0.3, -0.25) is 0 Å². The first-order valence-corrected chi connectivity index (χ1v) is 9.10. The minimum Gasteiger partial charge on any atom is -0.497 e. The Kier molecular flexibility index (Phi) is 4.59. The maximum atomic E-state index is 5.28. The second-order valence-electron chi connectivity index (χ2n) is 7.04. The fourth-order valence-corrected chi connectivity index (χ4v) is 3.61. The van der Waals surface area contributed by atoms with Crippen LogP contribution in [0.5, 0.6) is 5.75 Å². The summed E-state index contributed by atoms with van der Waals surface area (Å²) >= 11 is 1.76. The van der Waals surface area contributed by atoms with Crippen LogP contribution in [-0.4, -0.2) is 16.7 Å². The van der Waals surface area contributed by atoms with Crippen molar-refractivity contribution in [1.29, 1.82) is 0 Å². The van der Waals surface area contributed by atoms with Crippen LogP contribution < -0.4 is 4.74 Å². The lowest BCUT2D eigenvalue weighted by molar-refractivity contribution is 0.415. The zero-order chi connectivity index (χ0) is 17.3. The first-order chi connectivity index (χ1) is 11.4. The number of fused-ring (bicyclic) bond motifs is 1. The fourth-order valence-electron chi connectivity index (χ4n) is 2.66. The molecule has 0 aliphatic rings. The van der Waals surface area contributed by atoms with E-state index in [9.17, 15) is 0 Å². The van der Waals surface area contributed by atoms with E-state index in [1.165, 1.54) is 11.1 Å². The van der Waals surface area contributed by atoms with Crippen LogP contribution in [0.25, 0.3) is 11.0 Å². The summed E-state index contributed by atoms with van der Waals surface area (Å²) in [7, 11) is 3.74. The minimum atomic E-state index is 0.197. The monoisotopic (exact) mass is 340 g/mol. The average molecular weight is 340 g/mol. The topological polar surface area (TPSA) is 27.1 Å². The summed E-state index contributed by atoms with van der Waals surface area (Å²) in [5.41, 5.74) is 4.98. The van der Waals surface area contributed by atoms with Crippen molar-refractivity contribution in [2.45, 2.75) is 37.1 Å². The molecule has 0 spiro atoms. The van der Waals surface area contributed by atoms with E-state index in [1.54, 1.807) is 18.9 Å². The van der Waals surface area contributed by atoms with Crippen molar-refractivity contribution >= 4 is 22.8 Å². The minimum absolute atomic E-state index is 0.197. The van der Waals surface area contributed by atoms with Gasteiger partial charge in [-0.2, -0.15) is 0 Å². The molecule has 0 atom stereocenters. The molecule has 0 bridgehead atoms. The third-order valence-electron chi connectivity index (χ3n) is 4.23. The van der Waals surface area contributed by atoms with Gasteiger partial charge in [-0.15, -0.1) is 0 Å². The van der Waals surface area contributed by atoms with Gasteiger partial charge in [0.05, 0.1) is 18.1 Å². The van der Waals surface area contributed by atoms with Crippen LogP contribution >= 0.6 is 11.8 Å². The molecule has 3 aromatic rings. The van der Waals surface area contributed by atoms with Gasteiger partial charge in [0.25, 0.3) is 0 Å². The number of ether oxygens (including phenoxy) is 1. The van der Waals surface area contributed by atoms with Crippen molar-refractivity contribution in [2.24, 2.45) is 7.05 Å². The molecule has 4 heteroatoms. The Labute approximate surface area is 148 Å². The highest BCUT2D eigenvalue weighted by atomic mass is 32.2. The summed E-state index contributed by atoms with van der Waals surface area (Å²) in [6.45, 7) is 6.72. The van der Waals surface area contributed by atoms with Gasteiger partial charge in [0.2, 0.25) is 0 Å². The van der Waals surface area contributed by atoms with E-state index >= 15 is 0 Å². The summed E-state index contributed by atoms with van der Waals surface area (Å²) in [6, 6.07) is 14.9. The molecule has 0 aliphatic heterocycles. The van der Waals surface area contributed by atoms with Crippen LogP contribution in [0.3, 0.4) is 0 Å². The SMILES string of the molecule is COc1ccc2c(c1)nc(SCc1ccc(C(C)(C)C)cc1)n2C. The van der Waals surface area contributed by atoms with Crippen molar-refractivity contribution in [2.75, 3.05) is 7.11 Å². The molecule has 0 amide bonds. The molecule has 1 aromatic heterocycles. The number of thioether (sulfide) groups is 1. The maximum Gasteiger partial charge on any atom is 0.169 e. The zero-order valence-electron chi connectivity index (χ0n) is 15.0. The Balaban J connectivity index is 1.77. The average Bonchev–Trinajstić information content (AvgIpc) is 2.88. The first kappa shape index (κ1) is 16.9. The fraction of sp³-hybridized carbons (Fsp3) is 0.350. The molecule has 3 rings (SSSR count). The first-order valence-electron chi connectivity index (χ1n) is 8.11. The maximum absolute atomic E-state index is 5.28. The predicted octanol–water partition coefficient (Wildman–Crippen LogP) is 5.17. The van der Waals surface area contributed by atoms with E-state index < -0.39 is 0 Å². The summed E-state index contributed by atoms with van der Waals surface area (Å²) in [5, 5.41) is 1.03. The molecule has 0 aliphatic carbocycles. The van der Waals surface area contributed by atoms with E-state index in [1.807, 2.05) is 12.1 Å². The van der Waals surface area contributed by atoms with E-state index in [-0.39, 0.29) is 5.41 Å². The largest absolute Gasteiger partial charge is 0.497 e. The predicted molar refractivity (Wildman–Crippen MR) is 102 cm³/mol. The molecule has 126 valence electrons. The molecule has 0 unspecified atom stereocenters. The van der Waals surface area contributed by atoms with E-state index in [0.29, 0.717) is 0 Å². The van der Waals surface area contributed by atoms with Gasteiger partial charge in [-0.1, -0.05) is 56.8 Å². The number of aromatic nitrogens is 2. The van der Waals surface area contributed by atoms with Crippen LogP contribution in [0, 0.1) is 0 Å². The van der Waals surface area contributed by atoms with Gasteiger partial charge in [-0.25, -0.2) is 4.98 Å². The number of aryl methyl sites for hydroxylation is 1. The summed E-state index contributed by atoms with van der Waals surface area (Å²) < 4.78 is 7.43.